The number of alkyl carbamates (subject to hydrolysis) is 1. The maximum absolute atomic E-state index is 12.0. The molecule has 23 heavy (non-hydrogen) atoms. The van der Waals surface area contributed by atoms with Crippen LogP contribution in [-0.4, -0.2) is 24.3 Å². The number of nitrogens with one attached hydrogen (secondary N) is 2. The van der Waals surface area contributed by atoms with Crippen molar-refractivity contribution < 1.29 is 9.53 Å². The highest BCUT2D eigenvalue weighted by molar-refractivity contribution is 5.68. The van der Waals surface area contributed by atoms with Crippen molar-refractivity contribution in [3.63, 3.8) is 0 Å². The summed E-state index contributed by atoms with van der Waals surface area (Å²) in [6, 6.07) is 8.77. The van der Waals surface area contributed by atoms with Crippen LogP contribution in [-0.2, 0) is 4.74 Å². The predicted molar refractivity (Wildman–Crippen MR) is 95.6 cm³/mol. The summed E-state index contributed by atoms with van der Waals surface area (Å²) in [4.78, 5) is 12.0. The fraction of sp³-hybridized carbons (Fsp3) is 0.632. The topological polar surface area (TPSA) is 50.4 Å². The summed E-state index contributed by atoms with van der Waals surface area (Å²) in [6.07, 6.45) is -0.360. The highest BCUT2D eigenvalue weighted by Gasteiger charge is 2.21. The van der Waals surface area contributed by atoms with Gasteiger partial charge in [0.1, 0.15) is 5.60 Å². The minimum Gasteiger partial charge on any atom is -0.444 e. The standard InChI is InChI=1S/C19H32N2O2/c1-13(2)17(21-18(22)23-19(5,6)7)12-20-15(4)16-10-8-14(3)9-11-16/h8-11,13,15,17,20H,12H2,1-7H3,(H,21,22). The van der Waals surface area contributed by atoms with Crippen LogP contribution in [0.5, 0.6) is 0 Å². The Morgan fingerprint density at radius 1 is 1.13 bits per heavy atom. The highest BCUT2D eigenvalue weighted by atomic mass is 16.6. The second kappa shape index (κ2) is 8.34. The Hall–Kier alpha value is -1.55. The molecular formula is C19H32N2O2. The SMILES string of the molecule is Cc1ccc(C(C)NCC(NC(=O)OC(C)(C)C)C(C)C)cc1. The van der Waals surface area contributed by atoms with Gasteiger partial charge < -0.3 is 15.4 Å². The first kappa shape index (κ1) is 19.5. The lowest BCUT2D eigenvalue weighted by Crippen LogP contribution is -2.47. The molecule has 0 aliphatic rings. The van der Waals surface area contributed by atoms with Crippen LogP contribution >= 0.6 is 0 Å². The van der Waals surface area contributed by atoms with Gasteiger partial charge in [0.2, 0.25) is 0 Å². The van der Waals surface area contributed by atoms with Gasteiger partial charge in [0, 0.05) is 18.6 Å². The molecule has 0 heterocycles. The summed E-state index contributed by atoms with van der Waals surface area (Å²) in [7, 11) is 0. The van der Waals surface area contributed by atoms with Crippen LogP contribution in [0.2, 0.25) is 0 Å². The number of amides is 1. The van der Waals surface area contributed by atoms with Gasteiger partial charge in [-0.25, -0.2) is 4.79 Å². The molecule has 4 nitrogen and oxygen atoms in total. The van der Waals surface area contributed by atoms with Crippen LogP contribution in [0.15, 0.2) is 24.3 Å². The molecule has 0 aromatic heterocycles. The Balaban J connectivity index is 2.56. The number of hydrogen-bond donors (Lipinski definition) is 2. The van der Waals surface area contributed by atoms with Crippen molar-refractivity contribution in [2.75, 3.05) is 6.54 Å². The third kappa shape index (κ3) is 7.51. The second-order valence-electron chi connectivity index (χ2n) is 7.54. The molecule has 2 atom stereocenters. The molecule has 1 aromatic carbocycles. The Morgan fingerprint density at radius 2 is 1.70 bits per heavy atom. The number of benzene rings is 1. The molecule has 2 N–H and O–H groups in total. The molecule has 1 aromatic rings. The zero-order valence-electron chi connectivity index (χ0n) is 15.6. The number of ether oxygens (including phenoxy) is 1. The van der Waals surface area contributed by atoms with Crippen molar-refractivity contribution in [3.05, 3.63) is 35.4 Å². The molecule has 1 amide bonds. The summed E-state index contributed by atoms with van der Waals surface area (Å²) in [6.45, 7) is 14.7. The van der Waals surface area contributed by atoms with E-state index in [0.717, 1.165) is 0 Å². The smallest absolute Gasteiger partial charge is 0.407 e. The van der Waals surface area contributed by atoms with Crippen LogP contribution in [0.4, 0.5) is 4.79 Å². The molecule has 0 saturated carbocycles. The van der Waals surface area contributed by atoms with Crippen molar-refractivity contribution in [2.24, 2.45) is 5.92 Å². The molecular weight excluding hydrogens is 288 g/mol. The number of aryl methyl sites for hydroxylation is 1. The average Bonchev–Trinajstić information content (AvgIpc) is 2.41. The Bertz CT molecular complexity index is 489. The second-order valence-corrected chi connectivity index (χ2v) is 7.54. The molecule has 2 unspecified atom stereocenters. The molecule has 0 saturated heterocycles. The number of rotatable bonds is 6. The predicted octanol–water partition coefficient (Wildman–Crippen LogP) is 4.19. The van der Waals surface area contributed by atoms with E-state index in [1.165, 1.54) is 11.1 Å². The van der Waals surface area contributed by atoms with Crippen molar-refractivity contribution in [1.29, 1.82) is 0 Å². The van der Waals surface area contributed by atoms with Gasteiger partial charge in [-0.2, -0.15) is 0 Å². The molecule has 0 aliphatic carbocycles. The summed E-state index contributed by atoms with van der Waals surface area (Å²) < 4.78 is 5.35. The molecule has 130 valence electrons. The van der Waals surface area contributed by atoms with Gasteiger partial charge in [0.15, 0.2) is 0 Å². The molecule has 0 radical (unpaired) electrons. The quantitative estimate of drug-likeness (QED) is 0.826. The summed E-state index contributed by atoms with van der Waals surface area (Å²) in [5.74, 6) is 0.320. The van der Waals surface area contributed by atoms with E-state index in [1.54, 1.807) is 0 Å². The van der Waals surface area contributed by atoms with E-state index < -0.39 is 5.60 Å². The summed E-state index contributed by atoms with van der Waals surface area (Å²) in [5.41, 5.74) is 2.02. The summed E-state index contributed by atoms with van der Waals surface area (Å²) in [5, 5.41) is 6.46. The summed E-state index contributed by atoms with van der Waals surface area (Å²) >= 11 is 0. The molecule has 1 rings (SSSR count). The van der Waals surface area contributed by atoms with Crippen LogP contribution in [0.1, 0.15) is 58.7 Å². The first-order chi connectivity index (χ1) is 10.6. The van der Waals surface area contributed by atoms with Crippen LogP contribution in [0.3, 0.4) is 0 Å². The van der Waals surface area contributed by atoms with E-state index >= 15 is 0 Å². The number of hydrogen-bond acceptors (Lipinski definition) is 3. The fourth-order valence-corrected chi connectivity index (χ4v) is 2.19. The van der Waals surface area contributed by atoms with E-state index in [-0.39, 0.29) is 18.2 Å². The minimum atomic E-state index is -0.478. The fourth-order valence-electron chi connectivity index (χ4n) is 2.19. The van der Waals surface area contributed by atoms with Crippen molar-refractivity contribution >= 4 is 6.09 Å². The number of carbonyl (C=O) groups is 1. The van der Waals surface area contributed by atoms with Crippen molar-refractivity contribution in [2.45, 2.75) is 66.2 Å². The maximum Gasteiger partial charge on any atom is 0.407 e. The van der Waals surface area contributed by atoms with Crippen LogP contribution in [0, 0.1) is 12.8 Å². The van der Waals surface area contributed by atoms with Gasteiger partial charge in [-0.1, -0.05) is 43.7 Å². The molecule has 0 aliphatic heterocycles. The van der Waals surface area contributed by atoms with Crippen molar-refractivity contribution in [1.82, 2.24) is 10.6 Å². The minimum absolute atomic E-state index is 0.0257. The monoisotopic (exact) mass is 320 g/mol. The molecule has 4 heteroatoms. The molecule has 0 bridgehead atoms. The van der Waals surface area contributed by atoms with Gasteiger partial charge >= 0.3 is 6.09 Å². The van der Waals surface area contributed by atoms with E-state index in [1.807, 2.05) is 20.8 Å². The first-order valence-corrected chi connectivity index (χ1v) is 8.38. The van der Waals surface area contributed by atoms with Crippen LogP contribution in [0.25, 0.3) is 0 Å². The average molecular weight is 320 g/mol. The lowest BCUT2D eigenvalue weighted by molar-refractivity contribution is 0.0489. The molecule has 0 fully saturated rings. The lowest BCUT2D eigenvalue weighted by Gasteiger charge is -2.27. The van der Waals surface area contributed by atoms with Gasteiger partial charge in [0.05, 0.1) is 0 Å². The third-order valence-corrected chi connectivity index (χ3v) is 3.73. The number of carbonyl (C=O) groups excluding carboxylic acids is 1. The Kier molecular flexibility index (Phi) is 7.07. The van der Waals surface area contributed by atoms with Gasteiger partial charge in [-0.3, -0.25) is 0 Å². The largest absolute Gasteiger partial charge is 0.444 e. The highest BCUT2D eigenvalue weighted by Crippen LogP contribution is 2.14. The van der Waals surface area contributed by atoms with Gasteiger partial charge in [0.25, 0.3) is 0 Å². The zero-order chi connectivity index (χ0) is 17.6. The van der Waals surface area contributed by atoms with E-state index in [2.05, 4.69) is 62.6 Å². The molecule has 0 spiro atoms. The van der Waals surface area contributed by atoms with E-state index in [9.17, 15) is 4.79 Å². The van der Waals surface area contributed by atoms with Crippen LogP contribution < -0.4 is 10.6 Å². The van der Waals surface area contributed by atoms with Gasteiger partial charge in [-0.15, -0.1) is 0 Å². The zero-order valence-corrected chi connectivity index (χ0v) is 15.6. The van der Waals surface area contributed by atoms with Crippen molar-refractivity contribution in [3.8, 4) is 0 Å². The third-order valence-electron chi connectivity index (χ3n) is 3.73. The van der Waals surface area contributed by atoms with Gasteiger partial charge in [-0.05, 0) is 46.1 Å². The maximum atomic E-state index is 12.0. The lowest BCUT2D eigenvalue weighted by atomic mass is 10.0. The first-order valence-electron chi connectivity index (χ1n) is 8.38. The normalized spacial score (nSPS) is 14.4. The van der Waals surface area contributed by atoms with E-state index in [0.29, 0.717) is 12.5 Å². The van der Waals surface area contributed by atoms with E-state index in [4.69, 9.17) is 4.74 Å². The Morgan fingerprint density at radius 3 is 2.17 bits per heavy atom. The Labute approximate surface area is 141 Å².